The lowest BCUT2D eigenvalue weighted by Gasteiger charge is -2.10. The topological polar surface area (TPSA) is 29.1 Å². The third kappa shape index (κ3) is 2.82. The summed E-state index contributed by atoms with van der Waals surface area (Å²) in [5.41, 5.74) is 3.23. The molecule has 0 saturated carbocycles. The number of amides is 1. The summed E-state index contributed by atoms with van der Waals surface area (Å²) in [5.74, 6) is 0.0183. The van der Waals surface area contributed by atoms with Crippen LogP contribution in [0.2, 0.25) is 0 Å². The fourth-order valence-corrected chi connectivity index (χ4v) is 1.74. The van der Waals surface area contributed by atoms with Gasteiger partial charge >= 0.3 is 0 Å². The Kier molecular flexibility index (Phi) is 4.35. The lowest BCUT2D eigenvalue weighted by Crippen LogP contribution is -2.20. The lowest BCUT2D eigenvalue weighted by atomic mass is 9.96. The molecule has 15 heavy (non-hydrogen) atoms. The molecule has 1 N–H and O–H groups in total. The van der Waals surface area contributed by atoms with Crippen molar-refractivity contribution in [3.63, 3.8) is 0 Å². The molecule has 0 aliphatic carbocycles. The van der Waals surface area contributed by atoms with Gasteiger partial charge in [0.05, 0.1) is 0 Å². The minimum absolute atomic E-state index is 0.0183. The van der Waals surface area contributed by atoms with Crippen LogP contribution in [0.3, 0.4) is 0 Å². The molecule has 0 radical (unpaired) electrons. The number of hydrogen-bond acceptors (Lipinski definition) is 1. The van der Waals surface area contributed by atoms with E-state index in [1.807, 2.05) is 12.1 Å². The molecule has 1 aromatic carbocycles. The number of carbonyl (C=O) groups is 1. The molecule has 0 aliphatic heterocycles. The van der Waals surface area contributed by atoms with Crippen molar-refractivity contribution in [2.24, 2.45) is 0 Å². The van der Waals surface area contributed by atoms with Gasteiger partial charge in [-0.1, -0.05) is 25.5 Å². The van der Waals surface area contributed by atoms with Crippen LogP contribution in [0.15, 0.2) is 18.2 Å². The Labute approximate surface area is 91.7 Å². The van der Waals surface area contributed by atoms with Crippen molar-refractivity contribution in [1.82, 2.24) is 5.32 Å². The zero-order chi connectivity index (χ0) is 11.3. The summed E-state index contributed by atoms with van der Waals surface area (Å²) in [6.07, 6.45) is 3.28. The Morgan fingerprint density at radius 1 is 1.40 bits per heavy atom. The fourth-order valence-electron chi connectivity index (χ4n) is 1.74. The van der Waals surface area contributed by atoms with Gasteiger partial charge in [-0.15, -0.1) is 0 Å². The summed E-state index contributed by atoms with van der Waals surface area (Å²) < 4.78 is 0. The zero-order valence-electron chi connectivity index (χ0n) is 9.76. The second kappa shape index (κ2) is 5.54. The first-order valence-corrected chi connectivity index (χ1v) is 5.51. The Balaban J connectivity index is 3.03. The average molecular weight is 205 g/mol. The first-order valence-electron chi connectivity index (χ1n) is 5.51. The molecule has 0 unspecified atom stereocenters. The van der Waals surface area contributed by atoms with Gasteiger partial charge in [0.1, 0.15) is 0 Å². The molecule has 1 rings (SSSR count). The SMILES string of the molecule is CCCCc1c(C)cccc1C(=O)NC. The third-order valence-corrected chi connectivity index (χ3v) is 2.66. The summed E-state index contributed by atoms with van der Waals surface area (Å²) >= 11 is 0. The van der Waals surface area contributed by atoms with E-state index in [1.54, 1.807) is 7.05 Å². The van der Waals surface area contributed by atoms with Gasteiger partial charge in [-0.3, -0.25) is 4.79 Å². The summed E-state index contributed by atoms with van der Waals surface area (Å²) in [7, 11) is 1.67. The predicted octanol–water partition coefficient (Wildman–Crippen LogP) is 2.70. The minimum atomic E-state index is 0.0183. The van der Waals surface area contributed by atoms with Crippen molar-refractivity contribution in [2.75, 3.05) is 7.05 Å². The van der Waals surface area contributed by atoms with Crippen LogP contribution in [0.4, 0.5) is 0 Å². The van der Waals surface area contributed by atoms with E-state index in [-0.39, 0.29) is 5.91 Å². The monoisotopic (exact) mass is 205 g/mol. The maximum absolute atomic E-state index is 11.6. The number of benzene rings is 1. The highest BCUT2D eigenvalue weighted by Crippen LogP contribution is 2.16. The zero-order valence-corrected chi connectivity index (χ0v) is 9.76. The van der Waals surface area contributed by atoms with Gasteiger partial charge in [-0.2, -0.15) is 0 Å². The third-order valence-electron chi connectivity index (χ3n) is 2.66. The largest absolute Gasteiger partial charge is 0.355 e. The van der Waals surface area contributed by atoms with Crippen molar-refractivity contribution in [3.8, 4) is 0 Å². The highest BCUT2D eigenvalue weighted by atomic mass is 16.1. The lowest BCUT2D eigenvalue weighted by molar-refractivity contribution is 0.0962. The molecule has 2 heteroatoms. The number of nitrogens with one attached hydrogen (secondary N) is 1. The van der Waals surface area contributed by atoms with Gasteiger partial charge in [-0.05, 0) is 37.0 Å². The van der Waals surface area contributed by atoms with E-state index < -0.39 is 0 Å². The van der Waals surface area contributed by atoms with Crippen molar-refractivity contribution in [1.29, 1.82) is 0 Å². The summed E-state index contributed by atoms with van der Waals surface area (Å²) in [5, 5.41) is 2.69. The van der Waals surface area contributed by atoms with Gasteiger partial charge in [0.25, 0.3) is 5.91 Å². The van der Waals surface area contributed by atoms with Gasteiger partial charge < -0.3 is 5.32 Å². The second-order valence-corrected chi connectivity index (χ2v) is 3.78. The van der Waals surface area contributed by atoms with Crippen LogP contribution in [0.5, 0.6) is 0 Å². The highest BCUT2D eigenvalue weighted by molar-refractivity contribution is 5.95. The maximum atomic E-state index is 11.6. The minimum Gasteiger partial charge on any atom is -0.355 e. The molecule has 0 fully saturated rings. The van der Waals surface area contributed by atoms with E-state index in [9.17, 15) is 4.79 Å². The van der Waals surface area contributed by atoms with Crippen molar-refractivity contribution in [2.45, 2.75) is 33.1 Å². The van der Waals surface area contributed by atoms with E-state index in [1.165, 1.54) is 11.1 Å². The van der Waals surface area contributed by atoms with E-state index >= 15 is 0 Å². The molecule has 2 nitrogen and oxygen atoms in total. The van der Waals surface area contributed by atoms with E-state index in [0.717, 1.165) is 24.8 Å². The molecule has 0 atom stereocenters. The summed E-state index contributed by atoms with van der Waals surface area (Å²) in [4.78, 5) is 11.6. The van der Waals surface area contributed by atoms with Gasteiger partial charge in [0, 0.05) is 12.6 Å². The van der Waals surface area contributed by atoms with E-state index in [2.05, 4.69) is 25.2 Å². The molecule has 0 spiro atoms. The van der Waals surface area contributed by atoms with E-state index in [0.29, 0.717) is 0 Å². The molecule has 0 aliphatic rings. The highest BCUT2D eigenvalue weighted by Gasteiger charge is 2.10. The smallest absolute Gasteiger partial charge is 0.251 e. The quantitative estimate of drug-likeness (QED) is 0.804. The first-order chi connectivity index (χ1) is 7.20. The maximum Gasteiger partial charge on any atom is 0.251 e. The number of aryl methyl sites for hydroxylation is 1. The van der Waals surface area contributed by atoms with Crippen LogP contribution in [-0.2, 0) is 6.42 Å². The molecule has 0 aromatic heterocycles. The van der Waals surface area contributed by atoms with Crippen molar-refractivity contribution in [3.05, 3.63) is 34.9 Å². The van der Waals surface area contributed by atoms with Crippen LogP contribution < -0.4 is 5.32 Å². The molecule has 1 amide bonds. The van der Waals surface area contributed by atoms with Crippen LogP contribution in [0.1, 0.15) is 41.3 Å². The van der Waals surface area contributed by atoms with Crippen molar-refractivity contribution >= 4 is 5.91 Å². The molecular formula is C13H19NO. The fraction of sp³-hybridized carbons (Fsp3) is 0.462. The van der Waals surface area contributed by atoms with Crippen LogP contribution >= 0.6 is 0 Å². The Bertz CT molecular complexity index is 344. The van der Waals surface area contributed by atoms with Gasteiger partial charge in [-0.25, -0.2) is 0 Å². The number of carbonyl (C=O) groups excluding carboxylic acids is 1. The Hall–Kier alpha value is -1.31. The molecule has 82 valence electrons. The normalized spacial score (nSPS) is 10.1. The van der Waals surface area contributed by atoms with Crippen LogP contribution in [0.25, 0.3) is 0 Å². The van der Waals surface area contributed by atoms with Crippen LogP contribution in [0, 0.1) is 6.92 Å². The number of rotatable bonds is 4. The standard InChI is InChI=1S/C13H19NO/c1-4-5-8-11-10(2)7-6-9-12(11)13(15)14-3/h6-7,9H,4-5,8H2,1-3H3,(H,14,15). The van der Waals surface area contributed by atoms with Gasteiger partial charge in [0.15, 0.2) is 0 Å². The molecule has 0 heterocycles. The average Bonchev–Trinajstić information content (AvgIpc) is 2.26. The Morgan fingerprint density at radius 3 is 2.73 bits per heavy atom. The molecule has 0 bridgehead atoms. The van der Waals surface area contributed by atoms with E-state index in [4.69, 9.17) is 0 Å². The first kappa shape index (κ1) is 11.8. The van der Waals surface area contributed by atoms with Crippen LogP contribution in [-0.4, -0.2) is 13.0 Å². The second-order valence-electron chi connectivity index (χ2n) is 3.78. The number of hydrogen-bond donors (Lipinski definition) is 1. The van der Waals surface area contributed by atoms with Gasteiger partial charge in [0.2, 0.25) is 0 Å². The molecule has 0 saturated heterocycles. The van der Waals surface area contributed by atoms with Crippen molar-refractivity contribution < 1.29 is 4.79 Å². The molecular weight excluding hydrogens is 186 g/mol. The number of unbranched alkanes of at least 4 members (excludes halogenated alkanes) is 1. The summed E-state index contributed by atoms with van der Waals surface area (Å²) in [6.45, 7) is 4.23. The molecule has 1 aromatic rings. The Morgan fingerprint density at radius 2 is 2.13 bits per heavy atom. The summed E-state index contributed by atoms with van der Waals surface area (Å²) in [6, 6.07) is 5.91. The predicted molar refractivity (Wildman–Crippen MR) is 63.2 cm³/mol.